The van der Waals surface area contributed by atoms with Gasteiger partial charge in [0.25, 0.3) is 0 Å². The first-order chi connectivity index (χ1) is 12.6. The Morgan fingerprint density at radius 2 is 1.59 bits per heavy atom. The second-order valence-electron chi connectivity index (χ2n) is 7.82. The van der Waals surface area contributed by atoms with Gasteiger partial charge in [0.2, 0.25) is 0 Å². The number of carbonyl (C=O) groups excluding carboxylic acids is 1. The van der Waals surface area contributed by atoms with Gasteiger partial charge in [-0.05, 0) is 6.42 Å². The molecule has 9 heteroatoms. The van der Waals surface area contributed by atoms with E-state index in [1.165, 1.54) is 25.7 Å². The molecule has 0 saturated carbocycles. The molecule has 0 spiro atoms. The predicted molar refractivity (Wildman–Crippen MR) is 104 cm³/mol. The lowest BCUT2D eigenvalue weighted by atomic mass is 10.1. The Labute approximate surface area is 164 Å². The second kappa shape index (κ2) is 14.5. The van der Waals surface area contributed by atoms with Crippen molar-refractivity contribution >= 4 is 13.8 Å². The van der Waals surface area contributed by atoms with Crippen molar-refractivity contribution in [1.29, 1.82) is 0 Å². The third kappa shape index (κ3) is 18.6. The zero-order valence-electron chi connectivity index (χ0n) is 17.4. The van der Waals surface area contributed by atoms with Crippen molar-refractivity contribution in [3.63, 3.8) is 0 Å². The maximum absolute atomic E-state index is 11.7. The highest BCUT2D eigenvalue weighted by atomic mass is 31.2. The van der Waals surface area contributed by atoms with Crippen LogP contribution in [0.25, 0.3) is 0 Å². The number of aliphatic hydroxyl groups is 1. The molecule has 0 saturated heterocycles. The van der Waals surface area contributed by atoms with Gasteiger partial charge in [-0.2, -0.15) is 0 Å². The van der Waals surface area contributed by atoms with E-state index in [1.807, 2.05) is 21.1 Å². The number of aliphatic hydroxyl groups excluding tert-OH is 1. The maximum atomic E-state index is 11.7. The molecular formula is C18H39NO7P+. The monoisotopic (exact) mass is 412 g/mol. The SMILES string of the molecule is CCCCCCCCCC(=O)OC[C@@H](O)COP(=O)(O)OCC[N+](C)(C)C. The molecule has 0 aliphatic heterocycles. The van der Waals surface area contributed by atoms with E-state index in [1.54, 1.807) is 0 Å². The van der Waals surface area contributed by atoms with Crippen molar-refractivity contribution < 1.29 is 37.6 Å². The Bertz CT molecular complexity index is 440. The Kier molecular flexibility index (Phi) is 14.2. The Hall–Kier alpha value is -0.500. The van der Waals surface area contributed by atoms with Crippen LogP contribution in [-0.4, -0.2) is 74.1 Å². The van der Waals surface area contributed by atoms with Gasteiger partial charge in [0.1, 0.15) is 25.9 Å². The molecule has 0 aromatic heterocycles. The van der Waals surface area contributed by atoms with Crippen LogP contribution >= 0.6 is 7.82 Å². The fourth-order valence-electron chi connectivity index (χ4n) is 2.18. The van der Waals surface area contributed by atoms with Gasteiger partial charge in [0.05, 0.1) is 27.7 Å². The zero-order valence-corrected chi connectivity index (χ0v) is 18.3. The topological polar surface area (TPSA) is 102 Å². The molecule has 162 valence electrons. The summed E-state index contributed by atoms with van der Waals surface area (Å²) in [6.07, 6.45) is 6.91. The lowest BCUT2D eigenvalue weighted by molar-refractivity contribution is -0.870. The molecule has 0 aromatic carbocycles. The summed E-state index contributed by atoms with van der Waals surface area (Å²) < 4.78 is 26.8. The molecule has 0 rings (SSSR count). The van der Waals surface area contributed by atoms with E-state index in [9.17, 15) is 19.4 Å². The standard InChI is InChI=1S/C18H38NO7P/c1-5-6-7-8-9-10-11-12-18(21)24-15-17(20)16-26-27(22,23)25-14-13-19(2,3)4/h17,20H,5-16H2,1-4H3/p+1/t17-/m1/s1. The Morgan fingerprint density at radius 1 is 1.00 bits per heavy atom. The van der Waals surface area contributed by atoms with Crippen LogP contribution in [-0.2, 0) is 23.1 Å². The summed E-state index contributed by atoms with van der Waals surface area (Å²) in [6, 6.07) is 0. The summed E-state index contributed by atoms with van der Waals surface area (Å²) in [5.74, 6) is -0.381. The first-order valence-corrected chi connectivity index (χ1v) is 11.3. The normalized spacial score (nSPS) is 15.3. The summed E-state index contributed by atoms with van der Waals surface area (Å²) in [7, 11) is 1.56. The number of quaternary nitrogens is 1. The molecule has 0 aliphatic carbocycles. The average Bonchev–Trinajstić information content (AvgIpc) is 2.56. The van der Waals surface area contributed by atoms with Crippen LogP contribution in [0.3, 0.4) is 0 Å². The third-order valence-corrected chi connectivity index (χ3v) is 4.85. The highest BCUT2D eigenvalue weighted by molar-refractivity contribution is 7.47. The summed E-state index contributed by atoms with van der Waals surface area (Å²) in [6.45, 7) is 2.05. The minimum Gasteiger partial charge on any atom is -0.463 e. The van der Waals surface area contributed by atoms with Gasteiger partial charge >= 0.3 is 13.8 Å². The lowest BCUT2D eigenvalue weighted by Gasteiger charge is -2.24. The van der Waals surface area contributed by atoms with E-state index in [-0.39, 0.29) is 19.2 Å². The fraction of sp³-hybridized carbons (Fsp3) is 0.944. The quantitative estimate of drug-likeness (QED) is 0.164. The number of ether oxygens (including phenoxy) is 1. The van der Waals surface area contributed by atoms with Crippen molar-refractivity contribution in [2.45, 2.75) is 64.4 Å². The van der Waals surface area contributed by atoms with Crippen LogP contribution in [0, 0.1) is 0 Å². The lowest BCUT2D eigenvalue weighted by Crippen LogP contribution is -2.37. The number of nitrogens with zero attached hydrogens (tertiary/aromatic N) is 1. The summed E-state index contributed by atoms with van der Waals surface area (Å²) in [5.41, 5.74) is 0. The molecule has 0 aliphatic rings. The van der Waals surface area contributed by atoms with Gasteiger partial charge in [-0.1, -0.05) is 45.4 Å². The summed E-state index contributed by atoms with van der Waals surface area (Å²) in [4.78, 5) is 21.2. The van der Waals surface area contributed by atoms with Gasteiger partial charge in [-0.3, -0.25) is 13.8 Å². The number of carbonyl (C=O) groups is 1. The minimum absolute atomic E-state index is 0.0564. The summed E-state index contributed by atoms with van der Waals surface area (Å²) in [5, 5.41) is 9.72. The molecule has 0 heterocycles. The summed E-state index contributed by atoms with van der Waals surface area (Å²) >= 11 is 0. The second-order valence-corrected chi connectivity index (χ2v) is 9.27. The highest BCUT2D eigenvalue weighted by Gasteiger charge is 2.24. The molecule has 0 radical (unpaired) electrons. The molecule has 0 fully saturated rings. The van der Waals surface area contributed by atoms with Crippen molar-refractivity contribution in [2.24, 2.45) is 0 Å². The number of unbranched alkanes of at least 4 members (excludes halogenated alkanes) is 6. The molecular weight excluding hydrogens is 373 g/mol. The average molecular weight is 412 g/mol. The van der Waals surface area contributed by atoms with E-state index in [4.69, 9.17) is 13.8 Å². The van der Waals surface area contributed by atoms with E-state index >= 15 is 0 Å². The zero-order chi connectivity index (χ0) is 20.8. The highest BCUT2D eigenvalue weighted by Crippen LogP contribution is 2.43. The molecule has 0 amide bonds. The number of hydrogen-bond acceptors (Lipinski definition) is 6. The van der Waals surface area contributed by atoms with Gasteiger partial charge in [-0.15, -0.1) is 0 Å². The van der Waals surface area contributed by atoms with Crippen LogP contribution in [0.2, 0.25) is 0 Å². The van der Waals surface area contributed by atoms with Crippen LogP contribution in [0.1, 0.15) is 58.3 Å². The number of rotatable bonds is 17. The van der Waals surface area contributed by atoms with Crippen molar-refractivity contribution in [1.82, 2.24) is 0 Å². The van der Waals surface area contributed by atoms with Crippen molar-refractivity contribution in [2.75, 3.05) is 47.5 Å². The van der Waals surface area contributed by atoms with Crippen LogP contribution in [0.15, 0.2) is 0 Å². The fourth-order valence-corrected chi connectivity index (χ4v) is 2.93. The molecule has 2 atom stereocenters. The number of hydrogen-bond donors (Lipinski definition) is 2. The van der Waals surface area contributed by atoms with Crippen molar-refractivity contribution in [3.8, 4) is 0 Å². The number of phosphoric ester groups is 1. The smallest absolute Gasteiger partial charge is 0.463 e. The largest absolute Gasteiger partial charge is 0.472 e. The molecule has 0 aromatic rings. The Balaban J connectivity index is 3.75. The number of phosphoric acid groups is 1. The van der Waals surface area contributed by atoms with Gasteiger partial charge < -0.3 is 19.2 Å². The van der Waals surface area contributed by atoms with E-state index in [0.717, 1.165) is 19.3 Å². The minimum atomic E-state index is -4.22. The molecule has 27 heavy (non-hydrogen) atoms. The molecule has 0 bridgehead atoms. The van der Waals surface area contributed by atoms with Crippen molar-refractivity contribution in [3.05, 3.63) is 0 Å². The first kappa shape index (κ1) is 26.5. The molecule has 8 nitrogen and oxygen atoms in total. The molecule has 1 unspecified atom stereocenters. The third-order valence-electron chi connectivity index (χ3n) is 3.87. The Morgan fingerprint density at radius 3 is 2.19 bits per heavy atom. The van der Waals surface area contributed by atoms with E-state index in [0.29, 0.717) is 17.4 Å². The predicted octanol–water partition coefficient (Wildman–Crippen LogP) is 2.87. The van der Waals surface area contributed by atoms with Crippen LogP contribution < -0.4 is 0 Å². The van der Waals surface area contributed by atoms with Crippen LogP contribution in [0.5, 0.6) is 0 Å². The van der Waals surface area contributed by atoms with E-state index in [2.05, 4.69) is 6.92 Å². The van der Waals surface area contributed by atoms with Gasteiger partial charge in [0.15, 0.2) is 0 Å². The molecule has 2 N–H and O–H groups in total. The number of esters is 1. The maximum Gasteiger partial charge on any atom is 0.472 e. The van der Waals surface area contributed by atoms with Gasteiger partial charge in [0, 0.05) is 6.42 Å². The first-order valence-electron chi connectivity index (χ1n) is 9.82. The number of likely N-dealkylation sites (N-methyl/N-ethyl adjacent to an activating group) is 1. The van der Waals surface area contributed by atoms with Crippen LogP contribution in [0.4, 0.5) is 0 Å². The van der Waals surface area contributed by atoms with E-state index < -0.39 is 20.5 Å². The van der Waals surface area contributed by atoms with Gasteiger partial charge in [-0.25, -0.2) is 4.57 Å².